The highest BCUT2D eigenvalue weighted by Crippen LogP contribution is 2.54. The number of sulfonamides is 1. The molecule has 1 amide bonds. The third kappa shape index (κ3) is 3.01. The first-order valence-corrected chi connectivity index (χ1v) is 9.47. The molecule has 1 saturated carbocycles. The third-order valence-corrected chi connectivity index (χ3v) is 6.82. The van der Waals surface area contributed by atoms with Gasteiger partial charge in [-0.3, -0.25) is 4.79 Å². The molecule has 1 aromatic heterocycles. The maximum atomic E-state index is 12.6. The van der Waals surface area contributed by atoms with E-state index in [1.54, 1.807) is 11.6 Å². The normalized spacial score (nSPS) is 24.1. The second-order valence-corrected chi connectivity index (χ2v) is 8.95. The fraction of sp³-hybridized carbons (Fsp3) is 0.733. The molecular weight excluding hydrogens is 316 g/mol. The summed E-state index contributed by atoms with van der Waals surface area (Å²) in [5.41, 5.74) is 0.0979. The molecule has 1 saturated heterocycles. The highest BCUT2D eigenvalue weighted by atomic mass is 32.2. The van der Waals surface area contributed by atoms with Crippen LogP contribution in [0.1, 0.15) is 33.1 Å². The van der Waals surface area contributed by atoms with Crippen molar-refractivity contribution in [2.24, 2.45) is 18.4 Å². The van der Waals surface area contributed by atoms with Crippen molar-refractivity contribution in [3.63, 3.8) is 0 Å². The lowest BCUT2D eigenvalue weighted by Crippen LogP contribution is -2.42. The Balaban J connectivity index is 1.61. The number of imidazole rings is 1. The lowest BCUT2D eigenvalue weighted by Gasteiger charge is -2.31. The van der Waals surface area contributed by atoms with E-state index in [0.717, 1.165) is 19.3 Å². The Bertz CT molecular complexity index is 702. The minimum Gasteiger partial charge on any atom is -0.353 e. The van der Waals surface area contributed by atoms with E-state index >= 15 is 0 Å². The van der Waals surface area contributed by atoms with E-state index in [0.29, 0.717) is 13.1 Å². The van der Waals surface area contributed by atoms with Gasteiger partial charge in [0.1, 0.15) is 0 Å². The number of hydrogen-bond acceptors (Lipinski definition) is 4. The minimum atomic E-state index is -3.50. The smallest absolute Gasteiger partial charge is 0.262 e. The molecule has 1 aliphatic carbocycles. The summed E-state index contributed by atoms with van der Waals surface area (Å²) in [6.07, 6.45) is 5.58. The zero-order valence-electron chi connectivity index (χ0n) is 13.8. The topological polar surface area (TPSA) is 84.3 Å². The molecule has 0 radical (unpaired) electrons. The van der Waals surface area contributed by atoms with E-state index in [-0.39, 0.29) is 28.3 Å². The highest BCUT2D eigenvalue weighted by Gasteiger charge is 2.56. The molecule has 7 nitrogen and oxygen atoms in total. The lowest BCUT2D eigenvalue weighted by atomic mass is 9.94. The molecule has 1 aromatic rings. The molecule has 128 valence electrons. The Hall–Kier alpha value is -1.41. The maximum Gasteiger partial charge on any atom is 0.262 e. The van der Waals surface area contributed by atoms with E-state index in [1.807, 2.05) is 13.8 Å². The van der Waals surface area contributed by atoms with Gasteiger partial charge in [0.15, 0.2) is 5.03 Å². The Morgan fingerprint density at radius 1 is 1.39 bits per heavy atom. The Morgan fingerprint density at radius 3 is 2.57 bits per heavy atom. The monoisotopic (exact) mass is 340 g/mol. The zero-order valence-corrected chi connectivity index (χ0v) is 14.6. The van der Waals surface area contributed by atoms with Crippen molar-refractivity contribution in [2.45, 2.75) is 44.2 Å². The van der Waals surface area contributed by atoms with Gasteiger partial charge in [0.05, 0.1) is 6.33 Å². The van der Waals surface area contributed by atoms with Gasteiger partial charge in [0, 0.05) is 38.3 Å². The molecule has 1 atom stereocenters. The van der Waals surface area contributed by atoms with Gasteiger partial charge in [-0.2, -0.15) is 4.31 Å². The molecule has 2 heterocycles. The van der Waals surface area contributed by atoms with E-state index in [4.69, 9.17) is 0 Å². The quantitative estimate of drug-likeness (QED) is 0.876. The number of nitrogens with zero attached hydrogens (tertiary/aromatic N) is 3. The van der Waals surface area contributed by atoms with Crippen LogP contribution in [0, 0.1) is 11.3 Å². The predicted octanol–water partition coefficient (Wildman–Crippen LogP) is 0.735. The van der Waals surface area contributed by atoms with Crippen molar-refractivity contribution in [2.75, 3.05) is 13.1 Å². The SMILES string of the molecule is CC(C)C(=O)NC1CC12CCN(S(=O)(=O)c1cn(C)cn1)CC2. The molecule has 23 heavy (non-hydrogen) atoms. The molecule has 1 unspecified atom stereocenters. The second kappa shape index (κ2) is 5.59. The summed E-state index contributed by atoms with van der Waals surface area (Å²) in [6, 6.07) is 0.206. The van der Waals surface area contributed by atoms with Gasteiger partial charge < -0.3 is 9.88 Å². The molecule has 3 rings (SSSR count). The number of carbonyl (C=O) groups excluding carboxylic acids is 1. The number of amides is 1. The first-order chi connectivity index (χ1) is 10.7. The number of aromatic nitrogens is 2. The molecule has 0 bridgehead atoms. The average molecular weight is 340 g/mol. The van der Waals surface area contributed by atoms with Gasteiger partial charge in [0.25, 0.3) is 10.0 Å². The molecule has 8 heteroatoms. The van der Waals surface area contributed by atoms with E-state index in [9.17, 15) is 13.2 Å². The number of piperidine rings is 1. The first kappa shape index (κ1) is 16.4. The van der Waals surface area contributed by atoms with E-state index < -0.39 is 10.0 Å². The van der Waals surface area contributed by atoms with Crippen LogP contribution in [-0.4, -0.2) is 47.3 Å². The largest absolute Gasteiger partial charge is 0.353 e. The Morgan fingerprint density at radius 2 is 2.04 bits per heavy atom. The van der Waals surface area contributed by atoms with Gasteiger partial charge in [0.2, 0.25) is 5.91 Å². The number of carbonyl (C=O) groups is 1. The van der Waals surface area contributed by atoms with Crippen molar-refractivity contribution in [3.8, 4) is 0 Å². The van der Waals surface area contributed by atoms with Gasteiger partial charge in [-0.05, 0) is 24.7 Å². The number of aryl methyl sites for hydroxylation is 1. The van der Waals surface area contributed by atoms with E-state index in [1.165, 1.54) is 16.8 Å². The lowest BCUT2D eigenvalue weighted by molar-refractivity contribution is -0.124. The summed E-state index contributed by atoms with van der Waals surface area (Å²) in [6.45, 7) is 4.75. The van der Waals surface area contributed by atoms with Crippen LogP contribution in [0.15, 0.2) is 17.6 Å². The minimum absolute atomic E-state index is 0.0164. The summed E-state index contributed by atoms with van der Waals surface area (Å²) in [7, 11) is -1.75. The predicted molar refractivity (Wildman–Crippen MR) is 85.0 cm³/mol. The van der Waals surface area contributed by atoms with Crippen molar-refractivity contribution in [1.82, 2.24) is 19.2 Å². The summed E-state index contributed by atoms with van der Waals surface area (Å²) in [5.74, 6) is 0.0627. The zero-order chi connectivity index (χ0) is 16.8. The summed E-state index contributed by atoms with van der Waals surface area (Å²) < 4.78 is 28.3. The van der Waals surface area contributed by atoms with Crippen molar-refractivity contribution in [3.05, 3.63) is 12.5 Å². The van der Waals surface area contributed by atoms with Crippen LogP contribution < -0.4 is 5.32 Å². The standard InChI is InChI=1S/C15H24N4O3S/c1-11(2)14(20)17-12-8-15(12)4-6-19(7-5-15)23(21,22)13-9-18(3)10-16-13/h9-12H,4-8H2,1-3H3,(H,17,20). The summed E-state index contributed by atoms with van der Waals surface area (Å²) in [5, 5.41) is 3.19. The van der Waals surface area contributed by atoms with Crippen LogP contribution in [0.3, 0.4) is 0 Å². The maximum absolute atomic E-state index is 12.6. The van der Waals surface area contributed by atoms with Gasteiger partial charge in [-0.25, -0.2) is 13.4 Å². The van der Waals surface area contributed by atoms with Crippen LogP contribution in [-0.2, 0) is 21.9 Å². The van der Waals surface area contributed by atoms with E-state index in [2.05, 4.69) is 10.3 Å². The van der Waals surface area contributed by atoms with Gasteiger partial charge in [-0.1, -0.05) is 13.8 Å². The van der Waals surface area contributed by atoms with Crippen molar-refractivity contribution < 1.29 is 13.2 Å². The van der Waals surface area contributed by atoms with Crippen molar-refractivity contribution in [1.29, 1.82) is 0 Å². The van der Waals surface area contributed by atoms with Crippen LogP contribution >= 0.6 is 0 Å². The summed E-state index contributed by atoms with van der Waals surface area (Å²) in [4.78, 5) is 15.8. The number of hydrogen-bond donors (Lipinski definition) is 1. The number of rotatable bonds is 4. The molecule has 0 aromatic carbocycles. The first-order valence-electron chi connectivity index (χ1n) is 8.03. The van der Waals surface area contributed by atoms with Crippen LogP contribution in [0.25, 0.3) is 0 Å². The third-order valence-electron chi connectivity index (χ3n) is 5.03. The Kier molecular flexibility index (Phi) is 4.00. The van der Waals surface area contributed by atoms with Crippen LogP contribution in [0.4, 0.5) is 0 Å². The summed E-state index contributed by atoms with van der Waals surface area (Å²) >= 11 is 0. The highest BCUT2D eigenvalue weighted by molar-refractivity contribution is 7.89. The molecule has 1 N–H and O–H groups in total. The van der Waals surface area contributed by atoms with Crippen LogP contribution in [0.2, 0.25) is 0 Å². The average Bonchev–Trinajstić information content (AvgIpc) is 2.93. The van der Waals surface area contributed by atoms with Crippen LogP contribution in [0.5, 0.6) is 0 Å². The second-order valence-electron chi connectivity index (χ2n) is 7.06. The molecule has 1 spiro atoms. The molecule has 2 fully saturated rings. The fourth-order valence-corrected chi connectivity index (χ4v) is 4.68. The fourth-order valence-electron chi connectivity index (χ4n) is 3.27. The Labute approximate surface area is 137 Å². The van der Waals surface area contributed by atoms with Gasteiger partial charge >= 0.3 is 0 Å². The van der Waals surface area contributed by atoms with Gasteiger partial charge in [-0.15, -0.1) is 0 Å². The van der Waals surface area contributed by atoms with Crippen molar-refractivity contribution >= 4 is 15.9 Å². The number of nitrogens with one attached hydrogen (secondary N) is 1. The molecule has 1 aliphatic heterocycles. The molecular formula is C15H24N4O3S. The molecule has 2 aliphatic rings.